The summed E-state index contributed by atoms with van der Waals surface area (Å²) in [5.74, 6) is 0.857. The maximum atomic E-state index is 11.3. The van der Waals surface area contributed by atoms with Gasteiger partial charge in [-0.05, 0) is 55.8 Å². The van der Waals surface area contributed by atoms with Crippen LogP contribution in [0.4, 0.5) is 0 Å². The molecule has 0 aliphatic heterocycles. The first-order chi connectivity index (χ1) is 11.3. The minimum atomic E-state index is -3.64. The molecule has 0 fully saturated rings. The minimum Gasteiger partial charge on any atom is -0.497 e. The van der Waals surface area contributed by atoms with Crippen LogP contribution in [0.25, 0.3) is 0 Å². The molecule has 0 aliphatic carbocycles. The third-order valence-electron chi connectivity index (χ3n) is 4.26. The number of nitrogens with two attached hydrogens (primary N) is 1. The smallest absolute Gasteiger partial charge is 0.238 e. The van der Waals surface area contributed by atoms with Crippen LogP contribution in [0.15, 0.2) is 53.4 Å². The molecule has 0 heterocycles. The summed E-state index contributed by atoms with van der Waals surface area (Å²) >= 11 is 0. The normalized spacial score (nSPS) is 13.0. The van der Waals surface area contributed by atoms with E-state index in [9.17, 15) is 8.42 Å². The fourth-order valence-corrected chi connectivity index (χ4v) is 3.00. The quantitative estimate of drug-likeness (QED) is 0.835. The number of rotatable bonds is 7. The SMILES string of the molecule is COc1ccc(CCN(C)[C@@H](C)c2ccc(S(N)(=O)=O)cc2)cc1. The molecule has 0 aliphatic rings. The Bertz CT molecular complexity index is 756. The van der Waals surface area contributed by atoms with Gasteiger partial charge in [0, 0.05) is 12.6 Å². The van der Waals surface area contributed by atoms with Gasteiger partial charge >= 0.3 is 0 Å². The van der Waals surface area contributed by atoms with Crippen LogP contribution >= 0.6 is 0 Å². The fraction of sp³-hybridized carbons (Fsp3) is 0.333. The maximum Gasteiger partial charge on any atom is 0.238 e. The van der Waals surface area contributed by atoms with E-state index >= 15 is 0 Å². The molecule has 0 spiro atoms. The van der Waals surface area contributed by atoms with Crippen LogP contribution in [0, 0.1) is 0 Å². The first kappa shape index (κ1) is 18.4. The Hall–Kier alpha value is -1.89. The van der Waals surface area contributed by atoms with Crippen LogP contribution in [-0.4, -0.2) is 34.0 Å². The first-order valence-corrected chi connectivity index (χ1v) is 9.32. The number of primary sulfonamides is 1. The van der Waals surface area contributed by atoms with Gasteiger partial charge in [0.1, 0.15) is 5.75 Å². The number of methoxy groups -OCH3 is 1. The molecule has 5 nitrogen and oxygen atoms in total. The maximum absolute atomic E-state index is 11.3. The lowest BCUT2D eigenvalue weighted by atomic mass is 10.1. The highest BCUT2D eigenvalue weighted by Crippen LogP contribution is 2.21. The van der Waals surface area contributed by atoms with Crippen LogP contribution in [0.3, 0.4) is 0 Å². The Labute approximate surface area is 144 Å². The Kier molecular flexibility index (Phi) is 5.99. The minimum absolute atomic E-state index is 0.138. The van der Waals surface area contributed by atoms with Crippen molar-refractivity contribution in [3.63, 3.8) is 0 Å². The molecule has 0 bridgehead atoms. The van der Waals surface area contributed by atoms with Gasteiger partial charge in [0.15, 0.2) is 0 Å². The first-order valence-electron chi connectivity index (χ1n) is 7.77. The van der Waals surface area contributed by atoms with Crippen molar-refractivity contribution in [2.45, 2.75) is 24.3 Å². The number of hydrogen-bond acceptors (Lipinski definition) is 4. The van der Waals surface area contributed by atoms with Crippen molar-refractivity contribution in [2.24, 2.45) is 5.14 Å². The van der Waals surface area contributed by atoms with Crippen LogP contribution in [0.5, 0.6) is 5.75 Å². The van der Waals surface area contributed by atoms with E-state index in [4.69, 9.17) is 9.88 Å². The summed E-state index contributed by atoms with van der Waals surface area (Å²) in [5.41, 5.74) is 2.30. The van der Waals surface area contributed by atoms with E-state index < -0.39 is 10.0 Å². The van der Waals surface area contributed by atoms with Crippen molar-refractivity contribution in [3.8, 4) is 5.75 Å². The highest BCUT2D eigenvalue weighted by atomic mass is 32.2. The zero-order chi connectivity index (χ0) is 17.7. The van der Waals surface area contributed by atoms with Crippen molar-refractivity contribution in [1.29, 1.82) is 0 Å². The zero-order valence-electron chi connectivity index (χ0n) is 14.3. The molecule has 1 atom stereocenters. The number of sulfonamides is 1. The number of nitrogens with zero attached hydrogens (tertiary/aromatic N) is 1. The van der Waals surface area contributed by atoms with Crippen molar-refractivity contribution >= 4 is 10.0 Å². The Morgan fingerprint density at radius 1 is 1.08 bits per heavy atom. The van der Waals surface area contributed by atoms with E-state index in [0.717, 1.165) is 24.3 Å². The molecule has 0 saturated heterocycles. The van der Waals surface area contributed by atoms with Gasteiger partial charge in [0.25, 0.3) is 0 Å². The Morgan fingerprint density at radius 3 is 2.17 bits per heavy atom. The molecule has 2 N–H and O–H groups in total. The number of hydrogen-bond donors (Lipinski definition) is 1. The van der Waals surface area contributed by atoms with Crippen molar-refractivity contribution < 1.29 is 13.2 Å². The fourth-order valence-electron chi connectivity index (χ4n) is 2.48. The van der Waals surface area contributed by atoms with E-state index in [1.807, 2.05) is 24.3 Å². The molecule has 2 aromatic carbocycles. The molecule has 0 aromatic heterocycles. The molecule has 0 unspecified atom stereocenters. The number of likely N-dealkylation sites (N-methyl/N-ethyl adjacent to an activating group) is 1. The molecule has 24 heavy (non-hydrogen) atoms. The molecule has 2 aromatic rings. The van der Waals surface area contributed by atoms with Gasteiger partial charge in [-0.1, -0.05) is 24.3 Å². The third kappa shape index (κ3) is 4.80. The zero-order valence-corrected chi connectivity index (χ0v) is 15.1. The molecular weight excluding hydrogens is 324 g/mol. The average Bonchev–Trinajstić information content (AvgIpc) is 2.58. The summed E-state index contributed by atoms with van der Waals surface area (Å²) in [6, 6.07) is 15.0. The monoisotopic (exact) mass is 348 g/mol. The van der Waals surface area contributed by atoms with Gasteiger partial charge < -0.3 is 4.74 Å². The second-order valence-electron chi connectivity index (χ2n) is 5.87. The van der Waals surface area contributed by atoms with E-state index in [-0.39, 0.29) is 10.9 Å². The van der Waals surface area contributed by atoms with E-state index in [0.29, 0.717) is 0 Å². The van der Waals surface area contributed by atoms with E-state index in [1.165, 1.54) is 5.56 Å². The van der Waals surface area contributed by atoms with Gasteiger partial charge in [-0.15, -0.1) is 0 Å². The van der Waals surface area contributed by atoms with Gasteiger partial charge in [0.05, 0.1) is 12.0 Å². The van der Waals surface area contributed by atoms with Crippen molar-refractivity contribution in [2.75, 3.05) is 20.7 Å². The van der Waals surface area contributed by atoms with Gasteiger partial charge in [-0.2, -0.15) is 0 Å². The van der Waals surface area contributed by atoms with Crippen LogP contribution in [-0.2, 0) is 16.4 Å². The highest BCUT2D eigenvalue weighted by Gasteiger charge is 2.13. The summed E-state index contributed by atoms with van der Waals surface area (Å²) in [6.07, 6.45) is 0.931. The second-order valence-corrected chi connectivity index (χ2v) is 7.43. The molecule has 6 heteroatoms. The summed E-state index contributed by atoms with van der Waals surface area (Å²) < 4.78 is 27.8. The standard InChI is InChI=1S/C18H24N2O3S/c1-14(16-6-10-18(11-7-16)24(19,21)22)20(2)13-12-15-4-8-17(23-3)9-5-15/h4-11,14H,12-13H2,1-3H3,(H2,19,21,22)/t14-/m0/s1. The van der Waals surface area contributed by atoms with Crippen LogP contribution in [0.2, 0.25) is 0 Å². The second kappa shape index (κ2) is 7.79. The topological polar surface area (TPSA) is 72.6 Å². The summed E-state index contributed by atoms with van der Waals surface area (Å²) in [7, 11) is 0.0743. The van der Waals surface area contributed by atoms with Crippen LogP contribution in [0.1, 0.15) is 24.1 Å². The van der Waals surface area contributed by atoms with Gasteiger partial charge in [-0.25, -0.2) is 13.6 Å². The summed E-state index contributed by atoms with van der Waals surface area (Å²) in [4.78, 5) is 2.37. The van der Waals surface area contributed by atoms with Crippen molar-refractivity contribution in [3.05, 3.63) is 59.7 Å². The number of ether oxygens (including phenoxy) is 1. The van der Waals surface area contributed by atoms with Gasteiger partial charge in [0.2, 0.25) is 10.0 Å². The Morgan fingerprint density at radius 2 is 1.67 bits per heavy atom. The molecule has 0 amide bonds. The largest absolute Gasteiger partial charge is 0.497 e. The molecule has 2 rings (SSSR count). The molecule has 130 valence electrons. The molecule has 0 radical (unpaired) electrons. The molecular formula is C18H24N2O3S. The lowest BCUT2D eigenvalue weighted by Gasteiger charge is -2.25. The Balaban J connectivity index is 1.97. The van der Waals surface area contributed by atoms with E-state index in [1.54, 1.807) is 19.2 Å². The summed E-state index contributed by atoms with van der Waals surface area (Å²) in [6.45, 7) is 2.99. The molecule has 0 saturated carbocycles. The lowest BCUT2D eigenvalue weighted by molar-refractivity contribution is 0.265. The average molecular weight is 348 g/mol. The third-order valence-corrected chi connectivity index (χ3v) is 5.19. The predicted octanol–water partition coefficient (Wildman–Crippen LogP) is 2.58. The van der Waals surface area contributed by atoms with Crippen molar-refractivity contribution in [1.82, 2.24) is 4.90 Å². The predicted molar refractivity (Wildman–Crippen MR) is 95.6 cm³/mol. The van der Waals surface area contributed by atoms with Gasteiger partial charge in [-0.3, -0.25) is 4.90 Å². The lowest BCUT2D eigenvalue weighted by Crippen LogP contribution is -2.25. The van der Waals surface area contributed by atoms with Crippen LogP contribution < -0.4 is 9.88 Å². The highest BCUT2D eigenvalue weighted by molar-refractivity contribution is 7.89. The number of benzene rings is 2. The summed E-state index contributed by atoms with van der Waals surface area (Å²) in [5, 5.41) is 5.13. The van der Waals surface area contributed by atoms with E-state index in [2.05, 4.69) is 31.0 Å².